The summed E-state index contributed by atoms with van der Waals surface area (Å²) in [6.45, 7) is 8.65. The van der Waals surface area contributed by atoms with Crippen molar-refractivity contribution in [2.24, 2.45) is 0 Å². The Morgan fingerprint density at radius 3 is 2.06 bits per heavy atom. The highest BCUT2D eigenvalue weighted by Gasteiger charge is 2.00. The first-order valence-corrected chi connectivity index (χ1v) is 6.71. The first kappa shape index (κ1) is 16.6. The molecule has 0 heterocycles. The normalized spacial score (nSPS) is 9.33. The van der Waals surface area contributed by atoms with Crippen molar-refractivity contribution < 1.29 is 4.79 Å². The number of benzene rings is 1. The van der Waals surface area contributed by atoms with Crippen molar-refractivity contribution in [2.75, 3.05) is 20.1 Å². The summed E-state index contributed by atoms with van der Waals surface area (Å²) in [4.78, 5) is 11.1. The van der Waals surface area contributed by atoms with E-state index in [1.807, 2.05) is 24.3 Å². The second kappa shape index (κ2) is 10.8. The Bertz CT molecular complexity index is 316. The van der Waals surface area contributed by atoms with Crippen molar-refractivity contribution in [2.45, 2.75) is 33.6 Å². The van der Waals surface area contributed by atoms with E-state index in [1.165, 1.54) is 12.0 Å². The van der Waals surface area contributed by atoms with Gasteiger partial charge in [-0.25, -0.2) is 0 Å². The van der Waals surface area contributed by atoms with Crippen molar-refractivity contribution in [3.05, 3.63) is 35.4 Å². The number of hydrogen-bond donors (Lipinski definition) is 2. The highest BCUT2D eigenvalue weighted by atomic mass is 16.1. The average Bonchev–Trinajstić information content (AvgIpc) is 2.45. The predicted molar refractivity (Wildman–Crippen MR) is 78.0 cm³/mol. The number of amides is 1. The van der Waals surface area contributed by atoms with Gasteiger partial charge >= 0.3 is 0 Å². The molecule has 0 radical (unpaired) electrons. The zero-order chi connectivity index (χ0) is 13.8. The molecule has 0 aliphatic rings. The van der Waals surface area contributed by atoms with Gasteiger partial charge in [0, 0.05) is 12.6 Å². The largest absolute Gasteiger partial charge is 0.355 e. The molecule has 0 atom stereocenters. The summed E-state index contributed by atoms with van der Waals surface area (Å²) in [5.74, 6) is -0.0300. The van der Waals surface area contributed by atoms with Gasteiger partial charge in [0.15, 0.2) is 0 Å². The van der Waals surface area contributed by atoms with E-state index < -0.39 is 0 Å². The lowest BCUT2D eigenvalue weighted by Crippen LogP contribution is -2.17. The Labute approximate surface area is 111 Å². The minimum Gasteiger partial charge on any atom is -0.355 e. The van der Waals surface area contributed by atoms with Crippen LogP contribution in [0.3, 0.4) is 0 Å². The van der Waals surface area contributed by atoms with Crippen molar-refractivity contribution in [3.8, 4) is 0 Å². The molecule has 0 aromatic heterocycles. The van der Waals surface area contributed by atoms with Crippen LogP contribution in [0.1, 0.15) is 43.1 Å². The smallest absolute Gasteiger partial charge is 0.251 e. The van der Waals surface area contributed by atoms with Gasteiger partial charge in [-0.2, -0.15) is 0 Å². The Hall–Kier alpha value is -1.35. The zero-order valence-electron chi connectivity index (χ0n) is 12.0. The van der Waals surface area contributed by atoms with E-state index in [4.69, 9.17) is 0 Å². The SMILES string of the molecule is CCCNCC.CCc1ccc(C(=O)NC)cc1. The molecular formula is C15H26N2O. The van der Waals surface area contributed by atoms with Gasteiger partial charge in [0.1, 0.15) is 0 Å². The molecule has 0 bridgehead atoms. The Morgan fingerprint density at radius 2 is 1.72 bits per heavy atom. The van der Waals surface area contributed by atoms with Gasteiger partial charge in [-0.3, -0.25) is 4.79 Å². The molecule has 18 heavy (non-hydrogen) atoms. The van der Waals surface area contributed by atoms with Crippen LogP contribution < -0.4 is 10.6 Å². The van der Waals surface area contributed by atoms with Crippen LogP contribution in [-0.2, 0) is 6.42 Å². The molecule has 3 heteroatoms. The third-order valence-corrected chi connectivity index (χ3v) is 2.53. The summed E-state index contributed by atoms with van der Waals surface area (Å²) in [5, 5.41) is 5.78. The van der Waals surface area contributed by atoms with Crippen LogP contribution >= 0.6 is 0 Å². The van der Waals surface area contributed by atoms with Crippen LogP contribution in [0.15, 0.2) is 24.3 Å². The molecule has 0 fully saturated rings. The number of nitrogens with one attached hydrogen (secondary N) is 2. The molecule has 1 amide bonds. The Balaban J connectivity index is 0.000000411. The maximum absolute atomic E-state index is 11.1. The second-order valence-corrected chi connectivity index (χ2v) is 3.98. The van der Waals surface area contributed by atoms with Gasteiger partial charge in [0.05, 0.1) is 0 Å². The third kappa shape index (κ3) is 7.07. The number of carbonyl (C=O) groups excluding carboxylic acids is 1. The maximum atomic E-state index is 11.1. The van der Waals surface area contributed by atoms with Gasteiger partial charge < -0.3 is 10.6 Å². The van der Waals surface area contributed by atoms with Crippen LogP contribution in [0.25, 0.3) is 0 Å². The summed E-state index contributed by atoms with van der Waals surface area (Å²) >= 11 is 0. The number of aryl methyl sites for hydroxylation is 1. The van der Waals surface area contributed by atoms with Gasteiger partial charge in [0.25, 0.3) is 5.91 Å². The molecule has 2 N–H and O–H groups in total. The molecule has 0 aliphatic carbocycles. The molecule has 1 aromatic carbocycles. The zero-order valence-corrected chi connectivity index (χ0v) is 12.0. The molecule has 0 spiro atoms. The van der Waals surface area contributed by atoms with Gasteiger partial charge in [0.2, 0.25) is 0 Å². The Morgan fingerprint density at radius 1 is 1.11 bits per heavy atom. The van der Waals surface area contributed by atoms with E-state index in [2.05, 4.69) is 31.4 Å². The van der Waals surface area contributed by atoms with Crippen LogP contribution in [0.5, 0.6) is 0 Å². The van der Waals surface area contributed by atoms with Crippen LogP contribution in [0.2, 0.25) is 0 Å². The topological polar surface area (TPSA) is 41.1 Å². The monoisotopic (exact) mass is 250 g/mol. The van der Waals surface area contributed by atoms with E-state index in [0.717, 1.165) is 25.1 Å². The average molecular weight is 250 g/mol. The molecule has 0 unspecified atom stereocenters. The summed E-state index contributed by atoms with van der Waals surface area (Å²) in [6.07, 6.45) is 2.25. The summed E-state index contributed by atoms with van der Waals surface area (Å²) < 4.78 is 0. The van der Waals surface area contributed by atoms with Crippen molar-refractivity contribution in [1.29, 1.82) is 0 Å². The highest BCUT2D eigenvalue weighted by Crippen LogP contribution is 2.04. The fraction of sp³-hybridized carbons (Fsp3) is 0.533. The van der Waals surface area contributed by atoms with Crippen LogP contribution in [0, 0.1) is 0 Å². The fourth-order valence-corrected chi connectivity index (χ4v) is 1.39. The van der Waals surface area contributed by atoms with E-state index >= 15 is 0 Å². The summed E-state index contributed by atoms with van der Waals surface area (Å²) in [6, 6.07) is 7.64. The second-order valence-electron chi connectivity index (χ2n) is 3.98. The van der Waals surface area contributed by atoms with E-state index in [0.29, 0.717) is 0 Å². The number of rotatable bonds is 5. The number of hydrogen-bond acceptors (Lipinski definition) is 2. The third-order valence-electron chi connectivity index (χ3n) is 2.53. The van der Waals surface area contributed by atoms with Crippen molar-refractivity contribution in [1.82, 2.24) is 10.6 Å². The molecule has 0 saturated carbocycles. The van der Waals surface area contributed by atoms with E-state index in [9.17, 15) is 4.79 Å². The fourth-order valence-electron chi connectivity index (χ4n) is 1.39. The lowest BCUT2D eigenvalue weighted by molar-refractivity contribution is 0.0963. The quantitative estimate of drug-likeness (QED) is 0.789. The van der Waals surface area contributed by atoms with Crippen molar-refractivity contribution >= 4 is 5.91 Å². The first-order valence-electron chi connectivity index (χ1n) is 6.71. The molecule has 1 aromatic rings. The summed E-state index contributed by atoms with van der Waals surface area (Å²) in [5.41, 5.74) is 1.97. The molecule has 3 nitrogen and oxygen atoms in total. The summed E-state index contributed by atoms with van der Waals surface area (Å²) in [7, 11) is 1.63. The van der Waals surface area contributed by atoms with E-state index in [1.54, 1.807) is 7.05 Å². The minimum atomic E-state index is -0.0300. The predicted octanol–water partition coefficient (Wildman–Crippen LogP) is 2.61. The molecule has 0 aliphatic heterocycles. The Kier molecular flexibility index (Phi) is 9.97. The van der Waals surface area contributed by atoms with Crippen molar-refractivity contribution in [3.63, 3.8) is 0 Å². The van der Waals surface area contributed by atoms with Gasteiger partial charge in [-0.15, -0.1) is 0 Å². The maximum Gasteiger partial charge on any atom is 0.251 e. The first-order chi connectivity index (χ1) is 8.69. The van der Waals surface area contributed by atoms with Gasteiger partial charge in [-0.1, -0.05) is 32.9 Å². The lowest BCUT2D eigenvalue weighted by atomic mass is 10.1. The van der Waals surface area contributed by atoms with E-state index in [-0.39, 0.29) is 5.91 Å². The standard InChI is InChI=1S/C10H13NO.C5H13N/c1-3-8-4-6-9(7-5-8)10(12)11-2;1-3-5-6-4-2/h4-7H,3H2,1-2H3,(H,11,12);6H,3-5H2,1-2H3. The lowest BCUT2D eigenvalue weighted by Gasteiger charge is -2.00. The molecule has 0 saturated heterocycles. The van der Waals surface area contributed by atoms with Crippen LogP contribution in [0.4, 0.5) is 0 Å². The van der Waals surface area contributed by atoms with Crippen LogP contribution in [-0.4, -0.2) is 26.0 Å². The molecule has 102 valence electrons. The van der Waals surface area contributed by atoms with Gasteiger partial charge in [-0.05, 0) is 43.6 Å². The highest BCUT2D eigenvalue weighted by molar-refractivity contribution is 5.93. The minimum absolute atomic E-state index is 0.0300. The number of carbonyl (C=O) groups is 1. The molecule has 1 rings (SSSR count). The molecular weight excluding hydrogens is 224 g/mol.